The summed E-state index contributed by atoms with van der Waals surface area (Å²) in [4.78, 5) is 12.7. The zero-order valence-corrected chi connectivity index (χ0v) is 22.9. The largest absolute Gasteiger partial charge is 0.396 e. The lowest BCUT2D eigenvalue weighted by Gasteiger charge is -2.14. The second-order valence-electron chi connectivity index (χ2n) is 9.54. The first-order valence-electron chi connectivity index (χ1n) is 11.9. The first-order valence-corrected chi connectivity index (χ1v) is 14.2. The van der Waals surface area contributed by atoms with Gasteiger partial charge in [-0.3, -0.25) is 4.72 Å². The van der Waals surface area contributed by atoms with Crippen molar-refractivity contribution >= 4 is 33.0 Å². The minimum atomic E-state index is -4.80. The van der Waals surface area contributed by atoms with Crippen LogP contribution in [-0.4, -0.2) is 41.6 Å². The van der Waals surface area contributed by atoms with Gasteiger partial charge < -0.3 is 10.4 Å². The predicted octanol–water partition coefficient (Wildman–Crippen LogP) is 5.58. The maximum absolute atomic E-state index is 15.9. The molecule has 0 amide bonds. The van der Waals surface area contributed by atoms with Crippen molar-refractivity contribution in [1.29, 1.82) is 0 Å². The van der Waals surface area contributed by atoms with Gasteiger partial charge in [-0.2, -0.15) is 0 Å². The molecule has 0 radical (unpaired) electrons. The van der Waals surface area contributed by atoms with Gasteiger partial charge in [0.2, 0.25) is 5.95 Å². The van der Waals surface area contributed by atoms with Crippen LogP contribution in [0.3, 0.4) is 0 Å². The number of rotatable bonds is 9. The van der Waals surface area contributed by atoms with Crippen LogP contribution >= 0.6 is 11.3 Å². The second-order valence-corrected chi connectivity index (χ2v) is 12.2. The smallest absolute Gasteiger partial charge is 0.267 e. The number of aliphatic hydroxyl groups is 1. The number of nitrogens with one attached hydrogen (secondary N) is 2. The highest BCUT2D eigenvalue weighted by molar-refractivity contribution is 7.92. The monoisotopic (exact) mass is 577 g/mol. The van der Waals surface area contributed by atoms with Gasteiger partial charge in [-0.05, 0) is 36.8 Å². The molecule has 39 heavy (non-hydrogen) atoms. The fourth-order valence-electron chi connectivity index (χ4n) is 3.58. The van der Waals surface area contributed by atoms with Crippen molar-refractivity contribution in [3.8, 4) is 21.8 Å². The van der Waals surface area contributed by atoms with Gasteiger partial charge in [0, 0.05) is 30.3 Å². The normalized spacial score (nSPS) is 12.0. The van der Waals surface area contributed by atoms with E-state index in [2.05, 4.69) is 20.3 Å². The average Bonchev–Trinajstić information content (AvgIpc) is 3.31. The van der Waals surface area contributed by atoms with Crippen molar-refractivity contribution in [3.05, 3.63) is 71.1 Å². The molecule has 4 rings (SSSR count). The minimum Gasteiger partial charge on any atom is -0.396 e. The Labute approximate surface area is 228 Å². The lowest BCUT2D eigenvalue weighted by molar-refractivity contribution is 0.292. The minimum absolute atomic E-state index is 0.00353. The zero-order valence-electron chi connectivity index (χ0n) is 21.3. The maximum Gasteiger partial charge on any atom is 0.267 e. The van der Waals surface area contributed by atoms with Crippen LogP contribution in [0.5, 0.6) is 0 Å². The lowest BCUT2D eigenvalue weighted by atomic mass is 9.98. The van der Waals surface area contributed by atoms with Crippen LogP contribution in [-0.2, 0) is 15.4 Å². The number of nitrogens with zero attached hydrogens (tertiary/aromatic N) is 3. The number of aliphatic hydroxyl groups excluding tert-OH is 1. The van der Waals surface area contributed by atoms with Crippen LogP contribution in [0.15, 0.2) is 53.6 Å². The Hall–Kier alpha value is -3.55. The van der Waals surface area contributed by atoms with Crippen molar-refractivity contribution in [2.45, 2.75) is 37.5 Å². The molecule has 2 heterocycles. The van der Waals surface area contributed by atoms with E-state index < -0.39 is 43.5 Å². The van der Waals surface area contributed by atoms with E-state index in [0.717, 1.165) is 24.3 Å². The van der Waals surface area contributed by atoms with E-state index in [4.69, 9.17) is 5.11 Å². The summed E-state index contributed by atoms with van der Waals surface area (Å²) < 4.78 is 71.8. The Balaban J connectivity index is 1.80. The van der Waals surface area contributed by atoms with E-state index in [-0.39, 0.29) is 17.9 Å². The molecule has 4 aromatic rings. The van der Waals surface area contributed by atoms with Crippen LogP contribution < -0.4 is 10.0 Å². The number of benzene rings is 2. The van der Waals surface area contributed by atoms with Gasteiger partial charge in [-0.15, -0.1) is 11.3 Å². The number of thiazole rings is 1. The number of hydrogen-bond acceptors (Lipinski definition) is 8. The SMILES string of the molecule is CC(C)(C)c1nc(-c2cccc(NS(=O)(=O)c3c(F)cccc3F)c2F)c(-c2ccnc(NCCCO)n2)s1. The third-order valence-corrected chi connectivity index (χ3v) is 8.38. The molecular weight excluding hydrogens is 551 g/mol. The molecule has 13 heteroatoms. The lowest BCUT2D eigenvalue weighted by Crippen LogP contribution is -2.17. The number of sulfonamides is 1. The first-order chi connectivity index (χ1) is 18.4. The Morgan fingerprint density at radius 3 is 2.36 bits per heavy atom. The molecule has 0 atom stereocenters. The fourth-order valence-corrected chi connectivity index (χ4v) is 5.88. The van der Waals surface area contributed by atoms with Crippen LogP contribution in [0.4, 0.5) is 24.8 Å². The Bertz CT molecular complexity index is 1580. The van der Waals surface area contributed by atoms with E-state index in [9.17, 15) is 17.2 Å². The molecular formula is C26H26F3N5O3S2. The molecule has 0 aliphatic heterocycles. The van der Waals surface area contributed by atoms with Crippen molar-refractivity contribution in [2.75, 3.05) is 23.2 Å². The molecule has 2 aromatic carbocycles. The fraction of sp³-hybridized carbons (Fsp3) is 0.269. The van der Waals surface area contributed by atoms with Gasteiger partial charge >= 0.3 is 0 Å². The van der Waals surface area contributed by atoms with Crippen LogP contribution in [0, 0.1) is 17.5 Å². The molecule has 0 bridgehead atoms. The molecule has 0 fully saturated rings. The number of hydrogen-bond donors (Lipinski definition) is 3. The van der Waals surface area contributed by atoms with Crippen LogP contribution in [0.2, 0.25) is 0 Å². The van der Waals surface area contributed by atoms with Crippen LogP contribution in [0.1, 0.15) is 32.2 Å². The third-order valence-electron chi connectivity index (χ3n) is 5.46. The predicted molar refractivity (Wildman–Crippen MR) is 145 cm³/mol. The van der Waals surface area contributed by atoms with Gasteiger partial charge in [0.15, 0.2) is 10.7 Å². The summed E-state index contributed by atoms with van der Waals surface area (Å²) in [6, 6.07) is 8.27. The zero-order chi connectivity index (χ0) is 28.4. The summed E-state index contributed by atoms with van der Waals surface area (Å²) in [5, 5.41) is 12.7. The van der Waals surface area contributed by atoms with Gasteiger partial charge in [0.05, 0.1) is 27.0 Å². The van der Waals surface area contributed by atoms with E-state index >= 15 is 4.39 Å². The molecule has 0 saturated carbocycles. The van der Waals surface area contributed by atoms with E-state index in [1.807, 2.05) is 25.5 Å². The summed E-state index contributed by atoms with van der Waals surface area (Å²) in [6.45, 7) is 6.30. The Morgan fingerprint density at radius 2 is 1.69 bits per heavy atom. The maximum atomic E-state index is 15.9. The summed E-state index contributed by atoms with van der Waals surface area (Å²) in [5.74, 6) is -3.27. The topological polar surface area (TPSA) is 117 Å². The number of aromatic nitrogens is 3. The molecule has 0 unspecified atom stereocenters. The standard InChI is InChI=1S/C26H26F3N5O3S2/c1-26(2,3)24-33-21(22(38-24)19-11-13-31-25(32-19)30-12-6-14-35)15-7-4-10-18(20(15)29)34-39(36,37)23-16(27)8-5-9-17(23)28/h4-5,7-11,13,34-35H,6,12,14H2,1-3H3,(H,30,31,32). The molecule has 8 nitrogen and oxygen atoms in total. The quantitative estimate of drug-likeness (QED) is 0.223. The summed E-state index contributed by atoms with van der Waals surface area (Å²) in [5.41, 5.74) is -0.246. The summed E-state index contributed by atoms with van der Waals surface area (Å²) in [7, 11) is -4.80. The molecule has 0 aliphatic rings. The highest BCUT2D eigenvalue weighted by Gasteiger charge is 2.28. The van der Waals surface area contributed by atoms with Gasteiger partial charge in [-0.25, -0.2) is 36.5 Å². The molecule has 0 spiro atoms. The van der Waals surface area contributed by atoms with Crippen molar-refractivity contribution in [1.82, 2.24) is 15.0 Å². The second kappa shape index (κ2) is 11.3. The van der Waals surface area contributed by atoms with Crippen molar-refractivity contribution in [2.24, 2.45) is 0 Å². The van der Waals surface area contributed by atoms with Gasteiger partial charge in [-0.1, -0.05) is 32.9 Å². The van der Waals surface area contributed by atoms with Gasteiger partial charge in [0.25, 0.3) is 10.0 Å². The molecule has 0 saturated heterocycles. The molecule has 206 valence electrons. The molecule has 3 N–H and O–H groups in total. The summed E-state index contributed by atoms with van der Waals surface area (Å²) in [6.07, 6.45) is 2.03. The van der Waals surface area contributed by atoms with E-state index in [0.29, 0.717) is 34.5 Å². The average molecular weight is 578 g/mol. The Kier molecular flexibility index (Phi) is 8.23. The van der Waals surface area contributed by atoms with E-state index in [1.165, 1.54) is 29.7 Å². The highest BCUT2D eigenvalue weighted by Crippen LogP contribution is 2.42. The molecule has 2 aromatic heterocycles. The van der Waals surface area contributed by atoms with Crippen molar-refractivity contribution in [3.63, 3.8) is 0 Å². The Morgan fingerprint density at radius 1 is 1.00 bits per heavy atom. The van der Waals surface area contributed by atoms with E-state index in [1.54, 1.807) is 6.07 Å². The summed E-state index contributed by atoms with van der Waals surface area (Å²) >= 11 is 1.31. The van der Waals surface area contributed by atoms with Crippen molar-refractivity contribution < 1.29 is 26.7 Å². The van der Waals surface area contributed by atoms with Crippen LogP contribution in [0.25, 0.3) is 21.8 Å². The molecule has 0 aliphatic carbocycles. The first kappa shape index (κ1) is 28.5. The third kappa shape index (κ3) is 6.21. The van der Waals surface area contributed by atoms with Gasteiger partial charge in [0.1, 0.15) is 11.6 Å². The number of halogens is 3. The number of anilines is 2. The highest BCUT2D eigenvalue weighted by atomic mass is 32.2.